The fourth-order valence-corrected chi connectivity index (χ4v) is 5.11. The lowest BCUT2D eigenvalue weighted by atomic mass is 10.1. The Balaban J connectivity index is 1.30. The van der Waals surface area contributed by atoms with E-state index in [1.165, 1.54) is 26.4 Å². The summed E-state index contributed by atoms with van der Waals surface area (Å²) in [5.74, 6) is 0.106. The number of hydrogen-bond acceptors (Lipinski definition) is 9. The number of imidazole rings is 1. The Morgan fingerprint density at radius 1 is 0.854 bits per heavy atom. The Hall–Kier alpha value is -6.47. The minimum absolute atomic E-state index is 0.106. The van der Waals surface area contributed by atoms with Crippen LogP contribution in [0.1, 0.15) is 10.4 Å². The van der Waals surface area contributed by atoms with Crippen molar-refractivity contribution in [1.29, 1.82) is 0 Å². The molecule has 3 N–H and O–H groups in total. The van der Waals surface area contributed by atoms with Gasteiger partial charge in [0.15, 0.2) is 17.3 Å². The van der Waals surface area contributed by atoms with E-state index in [9.17, 15) is 14.4 Å². The summed E-state index contributed by atoms with van der Waals surface area (Å²) in [5.41, 5.74) is 9.68. The highest BCUT2D eigenvalue weighted by molar-refractivity contribution is 6.04. The first kappa shape index (κ1) is 31.5. The van der Waals surface area contributed by atoms with Crippen LogP contribution in [0.25, 0.3) is 33.9 Å². The summed E-state index contributed by atoms with van der Waals surface area (Å²) >= 11 is 0. The minimum Gasteiger partial charge on any atom is -0.382 e. The Bertz CT molecular complexity index is 2210. The Kier molecular flexibility index (Phi) is 8.85. The first-order valence-electron chi connectivity index (χ1n) is 14.9. The first-order chi connectivity index (χ1) is 23.2. The number of amides is 2. The van der Waals surface area contributed by atoms with Gasteiger partial charge < -0.3 is 20.9 Å². The van der Waals surface area contributed by atoms with E-state index in [-0.39, 0.29) is 23.3 Å². The standard InChI is InChI=1S/C35H32N10O3/c1-42(2)19-6-12-29(46)43(3)27-10-5-11-28(21-27)45-33-30(31(36)39-22-40-33)44(35(45)48)26-15-13-23(14-16-26)34(47)41-25-9-4-8-24(20-25)32-37-17-7-18-38-32/h4-18,20-22H,19H2,1-3H3,(H,41,47)(H2,36,39,40). The highest BCUT2D eigenvalue weighted by atomic mass is 16.2. The molecule has 3 heterocycles. The number of nitrogens with one attached hydrogen (secondary N) is 1. The summed E-state index contributed by atoms with van der Waals surface area (Å²) < 4.78 is 2.82. The highest BCUT2D eigenvalue weighted by Crippen LogP contribution is 2.26. The van der Waals surface area contributed by atoms with Crippen molar-refractivity contribution in [3.63, 3.8) is 0 Å². The second-order valence-electron chi connectivity index (χ2n) is 11.1. The molecule has 13 heteroatoms. The normalized spacial score (nSPS) is 11.3. The lowest BCUT2D eigenvalue weighted by Gasteiger charge is -2.16. The zero-order chi connectivity index (χ0) is 33.8. The number of fused-ring (bicyclic) bond motifs is 1. The molecule has 13 nitrogen and oxygen atoms in total. The quantitative estimate of drug-likeness (QED) is 0.223. The lowest BCUT2D eigenvalue weighted by molar-refractivity contribution is -0.113. The van der Waals surface area contributed by atoms with Crippen LogP contribution in [0, 0.1) is 0 Å². The molecular weight excluding hydrogens is 608 g/mol. The number of hydrogen-bond donors (Lipinski definition) is 2. The summed E-state index contributed by atoms with van der Waals surface area (Å²) in [5, 5.41) is 2.90. The molecule has 0 atom stereocenters. The molecule has 0 saturated carbocycles. The van der Waals surface area contributed by atoms with Gasteiger partial charge in [0.1, 0.15) is 11.8 Å². The first-order valence-corrected chi connectivity index (χ1v) is 14.9. The zero-order valence-electron chi connectivity index (χ0n) is 26.5. The van der Waals surface area contributed by atoms with Crippen LogP contribution in [0.3, 0.4) is 0 Å². The maximum absolute atomic E-state index is 14.1. The molecule has 0 aliphatic rings. The van der Waals surface area contributed by atoms with E-state index in [0.29, 0.717) is 46.2 Å². The second kappa shape index (κ2) is 13.5. The van der Waals surface area contributed by atoms with Gasteiger partial charge in [0.2, 0.25) is 5.91 Å². The van der Waals surface area contributed by atoms with E-state index in [4.69, 9.17) is 5.73 Å². The summed E-state index contributed by atoms with van der Waals surface area (Å²) in [7, 11) is 5.50. The van der Waals surface area contributed by atoms with Gasteiger partial charge in [-0.25, -0.2) is 29.3 Å². The second-order valence-corrected chi connectivity index (χ2v) is 11.1. The van der Waals surface area contributed by atoms with Crippen molar-refractivity contribution in [2.45, 2.75) is 0 Å². The average molecular weight is 641 g/mol. The van der Waals surface area contributed by atoms with Gasteiger partial charge in [0, 0.05) is 54.6 Å². The van der Waals surface area contributed by atoms with Crippen LogP contribution in [-0.2, 0) is 4.79 Å². The molecule has 3 aromatic heterocycles. The van der Waals surface area contributed by atoms with Gasteiger partial charge >= 0.3 is 5.69 Å². The molecule has 0 spiro atoms. The van der Waals surface area contributed by atoms with E-state index in [1.54, 1.807) is 92.2 Å². The molecule has 6 rings (SSSR count). The summed E-state index contributed by atoms with van der Waals surface area (Å²) in [6.07, 6.45) is 7.90. The highest BCUT2D eigenvalue weighted by Gasteiger charge is 2.21. The van der Waals surface area contributed by atoms with E-state index in [1.807, 2.05) is 31.1 Å². The molecule has 6 aromatic rings. The third-order valence-electron chi connectivity index (χ3n) is 7.52. The average Bonchev–Trinajstić information content (AvgIpc) is 3.41. The van der Waals surface area contributed by atoms with E-state index in [0.717, 1.165) is 5.56 Å². The number of carbonyl (C=O) groups excluding carboxylic acids is 2. The van der Waals surface area contributed by atoms with Crippen LogP contribution in [0.5, 0.6) is 0 Å². The van der Waals surface area contributed by atoms with Crippen molar-refractivity contribution < 1.29 is 9.59 Å². The third kappa shape index (κ3) is 6.43. The summed E-state index contributed by atoms with van der Waals surface area (Å²) in [6, 6.07) is 22.6. The van der Waals surface area contributed by atoms with Gasteiger partial charge in [0.25, 0.3) is 5.91 Å². The predicted molar refractivity (Wildman–Crippen MR) is 185 cm³/mol. The molecule has 3 aromatic carbocycles. The van der Waals surface area contributed by atoms with Crippen LogP contribution in [0.15, 0.2) is 115 Å². The molecular formula is C35H32N10O3. The van der Waals surface area contributed by atoms with Gasteiger partial charge in [0.05, 0.1) is 11.4 Å². The van der Waals surface area contributed by atoms with Crippen LogP contribution >= 0.6 is 0 Å². The monoisotopic (exact) mass is 640 g/mol. The number of nitrogen functional groups attached to an aromatic ring is 1. The van der Waals surface area contributed by atoms with Crippen LogP contribution in [0.4, 0.5) is 17.2 Å². The number of rotatable bonds is 9. The lowest BCUT2D eigenvalue weighted by Crippen LogP contribution is -2.25. The van der Waals surface area contributed by atoms with Crippen LogP contribution < -0.4 is 21.6 Å². The Morgan fingerprint density at radius 2 is 1.60 bits per heavy atom. The molecule has 0 radical (unpaired) electrons. The van der Waals surface area contributed by atoms with E-state index >= 15 is 0 Å². The van der Waals surface area contributed by atoms with Crippen molar-refractivity contribution in [3.8, 4) is 22.8 Å². The van der Waals surface area contributed by atoms with E-state index < -0.39 is 5.69 Å². The molecule has 0 fully saturated rings. The third-order valence-corrected chi connectivity index (χ3v) is 7.52. The fourth-order valence-electron chi connectivity index (χ4n) is 5.11. The minimum atomic E-state index is -0.452. The van der Waals surface area contributed by atoms with Crippen molar-refractivity contribution in [3.05, 3.63) is 126 Å². The maximum Gasteiger partial charge on any atom is 0.339 e. The van der Waals surface area contributed by atoms with Crippen molar-refractivity contribution >= 4 is 40.2 Å². The fraction of sp³-hybridized carbons (Fsp3) is 0.114. The molecule has 0 saturated heterocycles. The number of anilines is 3. The summed E-state index contributed by atoms with van der Waals surface area (Å²) in [4.78, 5) is 60.6. The number of likely N-dealkylation sites (N-methyl/N-ethyl adjacent to an activating group) is 2. The topological polar surface area (TPSA) is 157 Å². The zero-order valence-corrected chi connectivity index (χ0v) is 26.5. The molecule has 48 heavy (non-hydrogen) atoms. The maximum atomic E-state index is 14.1. The summed E-state index contributed by atoms with van der Waals surface area (Å²) in [6.45, 7) is 0.625. The number of carbonyl (C=O) groups is 2. The predicted octanol–water partition coefficient (Wildman–Crippen LogP) is 3.94. The van der Waals surface area contributed by atoms with E-state index in [2.05, 4.69) is 25.3 Å². The van der Waals surface area contributed by atoms with Crippen molar-refractivity contribution in [1.82, 2.24) is 34.0 Å². The van der Waals surface area contributed by atoms with Crippen LogP contribution in [-0.4, -0.2) is 73.5 Å². The van der Waals surface area contributed by atoms with Gasteiger partial charge in [-0.2, -0.15) is 0 Å². The SMILES string of the molecule is CN(C)CC=CC(=O)N(C)c1cccc(-n2c(=O)n(-c3ccc(C(=O)Nc4cccc(-c5ncccn5)c4)cc3)c3c(N)ncnc32)c1. The largest absolute Gasteiger partial charge is 0.382 e. The number of nitrogens with two attached hydrogens (primary N) is 1. The molecule has 0 aliphatic heterocycles. The smallest absolute Gasteiger partial charge is 0.339 e. The van der Waals surface area contributed by atoms with Crippen molar-refractivity contribution in [2.24, 2.45) is 0 Å². The molecule has 0 unspecified atom stereocenters. The molecule has 0 aliphatic carbocycles. The Labute approximate surface area is 275 Å². The number of nitrogens with zero attached hydrogens (tertiary/aromatic N) is 8. The van der Waals surface area contributed by atoms with Crippen molar-refractivity contribution in [2.75, 3.05) is 43.6 Å². The number of aromatic nitrogens is 6. The Morgan fingerprint density at radius 3 is 2.35 bits per heavy atom. The van der Waals surface area contributed by atoms with Gasteiger partial charge in [-0.1, -0.05) is 24.3 Å². The van der Waals surface area contributed by atoms with Gasteiger partial charge in [-0.15, -0.1) is 0 Å². The molecule has 2 amide bonds. The molecule has 0 bridgehead atoms. The van der Waals surface area contributed by atoms with Gasteiger partial charge in [-0.3, -0.25) is 14.2 Å². The van der Waals surface area contributed by atoms with Crippen LogP contribution in [0.2, 0.25) is 0 Å². The van der Waals surface area contributed by atoms with Gasteiger partial charge in [-0.05, 0) is 74.8 Å². The molecule has 240 valence electrons. The number of benzene rings is 3.